The molecule has 1 heterocycles. The van der Waals surface area contributed by atoms with Gasteiger partial charge in [0.25, 0.3) is 0 Å². The Labute approximate surface area is 124 Å². The molecule has 0 saturated heterocycles. The van der Waals surface area contributed by atoms with Gasteiger partial charge < -0.3 is 14.5 Å². The third-order valence-electron chi connectivity index (χ3n) is 3.83. The van der Waals surface area contributed by atoms with Gasteiger partial charge in [-0.25, -0.2) is 4.98 Å². The number of nitrogens with one attached hydrogen (secondary N) is 1. The van der Waals surface area contributed by atoms with Crippen molar-refractivity contribution in [3.8, 4) is 11.5 Å². The highest BCUT2D eigenvalue weighted by Gasteiger charge is 2.27. The van der Waals surface area contributed by atoms with Gasteiger partial charge in [0, 0.05) is 23.9 Å². The van der Waals surface area contributed by atoms with E-state index in [0.717, 1.165) is 36.6 Å². The van der Waals surface area contributed by atoms with E-state index in [1.807, 2.05) is 18.5 Å². The number of hydrogen-bond acceptors (Lipinski definition) is 3. The molecule has 0 saturated carbocycles. The molecular formula is C15H19ClN2O2. The fraction of sp³-hybridized carbons (Fsp3) is 0.400. The molecule has 1 aromatic heterocycles. The van der Waals surface area contributed by atoms with Crippen molar-refractivity contribution >= 4 is 12.4 Å². The van der Waals surface area contributed by atoms with Crippen LogP contribution >= 0.6 is 12.4 Å². The first-order valence-corrected chi connectivity index (χ1v) is 6.58. The number of ether oxygens (including phenoxy) is 2. The molecule has 1 aromatic carbocycles. The number of aromatic amines is 1. The van der Waals surface area contributed by atoms with Gasteiger partial charge in [0.2, 0.25) is 0 Å². The Morgan fingerprint density at radius 2 is 2.10 bits per heavy atom. The molecule has 3 rings (SSSR count). The summed E-state index contributed by atoms with van der Waals surface area (Å²) in [6, 6.07) is 4.13. The molecule has 0 spiro atoms. The maximum absolute atomic E-state index is 5.54. The summed E-state index contributed by atoms with van der Waals surface area (Å²) in [6.45, 7) is 0. The van der Waals surface area contributed by atoms with Gasteiger partial charge in [-0.1, -0.05) is 6.07 Å². The predicted octanol–water partition coefficient (Wildman–Crippen LogP) is 3.32. The number of fused-ring (bicyclic) bond motifs is 1. The molecule has 0 amide bonds. The lowest BCUT2D eigenvalue weighted by Gasteiger charge is -2.26. The highest BCUT2D eigenvalue weighted by atomic mass is 35.5. The van der Waals surface area contributed by atoms with Crippen molar-refractivity contribution in [1.29, 1.82) is 0 Å². The predicted molar refractivity (Wildman–Crippen MR) is 80.2 cm³/mol. The molecule has 1 atom stereocenters. The van der Waals surface area contributed by atoms with Crippen LogP contribution in [-0.2, 0) is 6.42 Å². The molecule has 2 aromatic rings. The van der Waals surface area contributed by atoms with Crippen LogP contribution in [-0.4, -0.2) is 24.2 Å². The first-order chi connectivity index (χ1) is 9.35. The van der Waals surface area contributed by atoms with Crippen molar-refractivity contribution in [2.24, 2.45) is 0 Å². The van der Waals surface area contributed by atoms with Crippen LogP contribution in [0.5, 0.6) is 11.5 Å². The number of imidazole rings is 1. The number of halogens is 1. The highest BCUT2D eigenvalue weighted by Crippen LogP contribution is 2.43. The quantitative estimate of drug-likeness (QED) is 0.944. The van der Waals surface area contributed by atoms with E-state index in [1.54, 1.807) is 14.2 Å². The SMILES string of the molecule is COc1ccc2c(c1OC)CCCC2c1ncc[nH]1.Cl. The molecule has 4 nitrogen and oxygen atoms in total. The second-order valence-electron chi connectivity index (χ2n) is 4.79. The van der Waals surface area contributed by atoms with Crippen molar-refractivity contribution in [1.82, 2.24) is 9.97 Å². The summed E-state index contributed by atoms with van der Waals surface area (Å²) in [7, 11) is 3.38. The largest absolute Gasteiger partial charge is 0.493 e. The van der Waals surface area contributed by atoms with E-state index < -0.39 is 0 Å². The molecule has 0 fully saturated rings. The third kappa shape index (κ3) is 2.36. The normalized spacial score (nSPS) is 17.0. The Bertz CT molecular complexity index is 570. The Balaban J connectivity index is 0.00000147. The Morgan fingerprint density at radius 3 is 2.75 bits per heavy atom. The molecular weight excluding hydrogens is 276 g/mol. The fourth-order valence-corrected chi connectivity index (χ4v) is 2.98. The van der Waals surface area contributed by atoms with Crippen molar-refractivity contribution in [2.75, 3.05) is 14.2 Å². The van der Waals surface area contributed by atoms with E-state index in [9.17, 15) is 0 Å². The van der Waals surface area contributed by atoms with Gasteiger partial charge in [0.05, 0.1) is 14.2 Å². The minimum atomic E-state index is 0. The molecule has 0 radical (unpaired) electrons. The van der Waals surface area contributed by atoms with Crippen LogP contribution in [0.25, 0.3) is 0 Å². The number of benzene rings is 1. The summed E-state index contributed by atoms with van der Waals surface area (Å²) in [4.78, 5) is 7.64. The van der Waals surface area contributed by atoms with Gasteiger partial charge in [-0.3, -0.25) is 0 Å². The molecule has 0 bridgehead atoms. The van der Waals surface area contributed by atoms with Crippen molar-refractivity contribution in [3.63, 3.8) is 0 Å². The number of methoxy groups -OCH3 is 2. The number of rotatable bonds is 3. The van der Waals surface area contributed by atoms with Gasteiger partial charge in [0.1, 0.15) is 5.82 Å². The lowest BCUT2D eigenvalue weighted by atomic mass is 9.81. The average Bonchev–Trinajstić information content (AvgIpc) is 2.99. The van der Waals surface area contributed by atoms with Crippen LogP contribution in [0.4, 0.5) is 0 Å². The molecule has 20 heavy (non-hydrogen) atoms. The summed E-state index contributed by atoms with van der Waals surface area (Å²) in [5, 5.41) is 0. The maximum Gasteiger partial charge on any atom is 0.164 e. The zero-order valence-electron chi connectivity index (χ0n) is 11.7. The fourth-order valence-electron chi connectivity index (χ4n) is 2.98. The zero-order chi connectivity index (χ0) is 13.2. The van der Waals surface area contributed by atoms with E-state index in [4.69, 9.17) is 9.47 Å². The summed E-state index contributed by atoms with van der Waals surface area (Å²) >= 11 is 0. The molecule has 5 heteroatoms. The second-order valence-corrected chi connectivity index (χ2v) is 4.79. The Kier molecular flexibility index (Phi) is 4.55. The van der Waals surface area contributed by atoms with Crippen LogP contribution in [0.15, 0.2) is 24.5 Å². The van der Waals surface area contributed by atoms with Crippen molar-refractivity contribution in [3.05, 3.63) is 41.5 Å². The summed E-state index contributed by atoms with van der Waals surface area (Å²) in [5.41, 5.74) is 2.56. The number of aromatic nitrogens is 2. The van der Waals surface area contributed by atoms with E-state index in [0.29, 0.717) is 5.92 Å². The molecule has 1 aliphatic rings. The van der Waals surface area contributed by atoms with Crippen LogP contribution in [0.3, 0.4) is 0 Å². The van der Waals surface area contributed by atoms with Crippen molar-refractivity contribution in [2.45, 2.75) is 25.2 Å². The van der Waals surface area contributed by atoms with Gasteiger partial charge in [-0.05, 0) is 30.9 Å². The monoisotopic (exact) mass is 294 g/mol. The Morgan fingerprint density at radius 1 is 1.25 bits per heavy atom. The summed E-state index contributed by atoms with van der Waals surface area (Å²) in [5.74, 6) is 3.05. The van der Waals surface area contributed by atoms with Crippen LogP contribution in [0, 0.1) is 0 Å². The maximum atomic E-state index is 5.54. The van der Waals surface area contributed by atoms with Gasteiger partial charge >= 0.3 is 0 Å². The van der Waals surface area contributed by atoms with Gasteiger partial charge in [-0.2, -0.15) is 0 Å². The first-order valence-electron chi connectivity index (χ1n) is 6.58. The Hall–Kier alpha value is -1.68. The van der Waals surface area contributed by atoms with Crippen LogP contribution in [0.2, 0.25) is 0 Å². The van der Waals surface area contributed by atoms with Crippen LogP contribution in [0.1, 0.15) is 35.7 Å². The number of H-pyrrole nitrogens is 1. The molecule has 0 aliphatic heterocycles. The standard InChI is InChI=1S/C15H18N2O2.ClH/c1-18-13-7-6-10-11(14(13)19-2)4-3-5-12(10)15-16-8-9-17-15;/h6-9,12H,3-5H2,1-2H3,(H,16,17);1H. The summed E-state index contributed by atoms with van der Waals surface area (Å²) in [6.07, 6.45) is 6.99. The smallest absolute Gasteiger partial charge is 0.164 e. The molecule has 1 aliphatic carbocycles. The zero-order valence-corrected chi connectivity index (χ0v) is 12.5. The molecule has 1 N–H and O–H groups in total. The van der Waals surface area contributed by atoms with E-state index in [1.165, 1.54) is 11.1 Å². The summed E-state index contributed by atoms with van der Waals surface area (Å²) < 4.78 is 10.9. The minimum Gasteiger partial charge on any atom is -0.493 e. The van der Waals surface area contributed by atoms with Gasteiger partial charge in [-0.15, -0.1) is 12.4 Å². The lowest BCUT2D eigenvalue weighted by molar-refractivity contribution is 0.348. The van der Waals surface area contributed by atoms with Crippen molar-refractivity contribution < 1.29 is 9.47 Å². The van der Waals surface area contributed by atoms with E-state index >= 15 is 0 Å². The molecule has 1 unspecified atom stereocenters. The second kappa shape index (κ2) is 6.18. The molecule has 108 valence electrons. The first kappa shape index (κ1) is 14.7. The third-order valence-corrected chi connectivity index (χ3v) is 3.83. The van der Waals surface area contributed by atoms with Crippen LogP contribution < -0.4 is 9.47 Å². The topological polar surface area (TPSA) is 47.1 Å². The number of nitrogens with zero attached hydrogens (tertiary/aromatic N) is 1. The highest BCUT2D eigenvalue weighted by molar-refractivity contribution is 5.85. The van der Waals surface area contributed by atoms with E-state index in [-0.39, 0.29) is 12.4 Å². The number of hydrogen-bond donors (Lipinski definition) is 1. The minimum absolute atomic E-state index is 0. The van der Waals surface area contributed by atoms with Gasteiger partial charge in [0.15, 0.2) is 11.5 Å². The van der Waals surface area contributed by atoms with E-state index in [2.05, 4.69) is 16.0 Å². The average molecular weight is 295 g/mol. The lowest BCUT2D eigenvalue weighted by Crippen LogP contribution is -2.14.